The van der Waals surface area contributed by atoms with Gasteiger partial charge in [0, 0.05) is 19.6 Å². The summed E-state index contributed by atoms with van der Waals surface area (Å²) in [6.45, 7) is 9.32. The van der Waals surface area contributed by atoms with Gasteiger partial charge in [0.15, 0.2) is 23.7 Å². The van der Waals surface area contributed by atoms with Gasteiger partial charge in [-0.1, -0.05) is 56.3 Å². The van der Waals surface area contributed by atoms with Crippen LogP contribution in [-0.4, -0.2) is 43.7 Å². The first-order chi connectivity index (χ1) is 12.3. The lowest BCUT2D eigenvalue weighted by Crippen LogP contribution is -2.43. The molecule has 4 heteroatoms. The molecule has 1 aliphatic heterocycles. The van der Waals surface area contributed by atoms with Crippen LogP contribution >= 0.6 is 0 Å². The Morgan fingerprint density at radius 3 is 2.20 bits per heavy atom. The zero-order chi connectivity index (χ0) is 17.5. The molecule has 0 spiro atoms. The Morgan fingerprint density at radius 1 is 0.880 bits per heavy atom. The summed E-state index contributed by atoms with van der Waals surface area (Å²) in [5.41, 5.74) is 1.15. The van der Waals surface area contributed by atoms with Crippen LogP contribution in [0.15, 0.2) is 54.6 Å². The maximum atomic E-state index is 6.28. The summed E-state index contributed by atoms with van der Waals surface area (Å²) in [6, 6.07) is 18.2. The molecule has 0 aliphatic carbocycles. The molecule has 4 nitrogen and oxygen atoms in total. The van der Waals surface area contributed by atoms with E-state index in [2.05, 4.69) is 36.2 Å². The number of hydrogen-bond acceptors (Lipinski definition) is 4. The number of fused-ring (bicyclic) bond motifs is 1. The summed E-state index contributed by atoms with van der Waals surface area (Å²) in [4.78, 5) is 2.41. The van der Waals surface area contributed by atoms with E-state index in [1.807, 2.05) is 42.5 Å². The molecule has 2 aromatic rings. The van der Waals surface area contributed by atoms with E-state index in [0.717, 1.165) is 49.8 Å². The molecule has 1 aliphatic rings. The minimum Gasteiger partial charge on any atom is -0.481 e. The third-order valence-electron chi connectivity index (χ3n) is 4.69. The molecular formula is C21H28N2O2. The summed E-state index contributed by atoms with van der Waals surface area (Å²) in [5.74, 6) is 1.64. The van der Waals surface area contributed by atoms with Gasteiger partial charge in [0.2, 0.25) is 0 Å². The van der Waals surface area contributed by atoms with Crippen molar-refractivity contribution in [2.75, 3.05) is 32.7 Å². The fourth-order valence-corrected chi connectivity index (χ4v) is 3.18. The zero-order valence-electron chi connectivity index (χ0n) is 15.2. The van der Waals surface area contributed by atoms with Crippen molar-refractivity contribution in [3.8, 4) is 11.5 Å². The van der Waals surface area contributed by atoms with Crippen molar-refractivity contribution in [1.29, 1.82) is 0 Å². The molecule has 2 atom stereocenters. The zero-order valence-corrected chi connectivity index (χ0v) is 15.2. The highest BCUT2D eigenvalue weighted by Crippen LogP contribution is 2.38. The van der Waals surface area contributed by atoms with Gasteiger partial charge in [0.05, 0.1) is 0 Å². The number of benzene rings is 2. The van der Waals surface area contributed by atoms with Gasteiger partial charge in [-0.3, -0.25) is 0 Å². The predicted octanol–water partition coefficient (Wildman–Crippen LogP) is 3.50. The second kappa shape index (κ2) is 8.88. The SMILES string of the molecule is CCN(CC)CCNCC1Oc2ccccc2OC1c1ccccc1. The number of para-hydroxylation sites is 2. The van der Waals surface area contributed by atoms with Crippen LogP contribution in [0.3, 0.4) is 0 Å². The topological polar surface area (TPSA) is 33.7 Å². The average Bonchev–Trinajstić information content (AvgIpc) is 2.68. The Morgan fingerprint density at radius 2 is 1.52 bits per heavy atom. The van der Waals surface area contributed by atoms with Crippen molar-refractivity contribution in [3.63, 3.8) is 0 Å². The molecule has 3 rings (SSSR count). The number of nitrogens with zero attached hydrogens (tertiary/aromatic N) is 1. The first-order valence-electron chi connectivity index (χ1n) is 9.22. The molecular weight excluding hydrogens is 312 g/mol. The highest BCUT2D eigenvalue weighted by atomic mass is 16.6. The van der Waals surface area contributed by atoms with Crippen LogP contribution in [0.25, 0.3) is 0 Å². The number of rotatable bonds is 8. The fraction of sp³-hybridized carbons (Fsp3) is 0.429. The van der Waals surface area contributed by atoms with Crippen molar-refractivity contribution >= 4 is 0 Å². The maximum Gasteiger partial charge on any atom is 0.162 e. The van der Waals surface area contributed by atoms with E-state index in [0.29, 0.717) is 0 Å². The Hall–Kier alpha value is -2.04. The lowest BCUT2D eigenvalue weighted by atomic mass is 10.0. The van der Waals surface area contributed by atoms with Crippen molar-refractivity contribution in [2.45, 2.75) is 26.1 Å². The second-order valence-electron chi connectivity index (χ2n) is 6.28. The molecule has 1 N–H and O–H groups in total. The smallest absolute Gasteiger partial charge is 0.162 e. The number of nitrogens with one attached hydrogen (secondary N) is 1. The van der Waals surface area contributed by atoms with Crippen molar-refractivity contribution in [1.82, 2.24) is 10.2 Å². The Balaban J connectivity index is 1.66. The van der Waals surface area contributed by atoms with E-state index in [4.69, 9.17) is 9.47 Å². The van der Waals surface area contributed by atoms with Crippen molar-refractivity contribution in [3.05, 3.63) is 60.2 Å². The Labute approximate surface area is 150 Å². The third kappa shape index (κ3) is 4.53. The van der Waals surface area contributed by atoms with E-state index in [1.165, 1.54) is 0 Å². The molecule has 2 unspecified atom stereocenters. The van der Waals surface area contributed by atoms with Gasteiger partial charge in [0.1, 0.15) is 0 Å². The summed E-state index contributed by atoms with van der Waals surface area (Å²) >= 11 is 0. The van der Waals surface area contributed by atoms with Gasteiger partial charge in [-0.25, -0.2) is 0 Å². The molecule has 134 valence electrons. The second-order valence-corrected chi connectivity index (χ2v) is 6.28. The van der Waals surface area contributed by atoms with Crippen molar-refractivity contribution in [2.24, 2.45) is 0 Å². The largest absolute Gasteiger partial charge is 0.481 e. The van der Waals surface area contributed by atoms with Gasteiger partial charge in [-0.05, 0) is 30.8 Å². The number of ether oxygens (including phenoxy) is 2. The molecule has 0 bridgehead atoms. The van der Waals surface area contributed by atoms with Gasteiger partial charge >= 0.3 is 0 Å². The molecule has 0 aromatic heterocycles. The van der Waals surface area contributed by atoms with Crippen LogP contribution in [0.5, 0.6) is 11.5 Å². The normalized spacial score (nSPS) is 19.2. The number of hydrogen-bond donors (Lipinski definition) is 1. The molecule has 0 fully saturated rings. The van der Waals surface area contributed by atoms with Crippen LogP contribution < -0.4 is 14.8 Å². The van der Waals surface area contributed by atoms with Gasteiger partial charge in [-0.15, -0.1) is 0 Å². The molecule has 1 heterocycles. The Kier molecular flexibility index (Phi) is 6.31. The molecule has 0 saturated carbocycles. The summed E-state index contributed by atoms with van der Waals surface area (Å²) in [7, 11) is 0. The third-order valence-corrected chi connectivity index (χ3v) is 4.69. The van der Waals surface area contributed by atoms with Crippen LogP contribution in [0.2, 0.25) is 0 Å². The summed E-state index contributed by atoms with van der Waals surface area (Å²) < 4.78 is 12.5. The van der Waals surface area contributed by atoms with E-state index < -0.39 is 0 Å². The highest BCUT2D eigenvalue weighted by molar-refractivity contribution is 5.42. The minimum absolute atomic E-state index is 0.0472. The van der Waals surface area contributed by atoms with Crippen LogP contribution in [0.1, 0.15) is 25.5 Å². The van der Waals surface area contributed by atoms with Crippen LogP contribution in [-0.2, 0) is 0 Å². The molecule has 0 radical (unpaired) electrons. The lowest BCUT2D eigenvalue weighted by molar-refractivity contribution is 0.0199. The molecule has 25 heavy (non-hydrogen) atoms. The molecule has 0 saturated heterocycles. The summed E-state index contributed by atoms with van der Waals surface area (Å²) in [5, 5.41) is 3.54. The minimum atomic E-state index is -0.1000. The van der Waals surface area contributed by atoms with E-state index in [1.54, 1.807) is 0 Å². The standard InChI is InChI=1S/C21H28N2O2/c1-3-23(4-2)15-14-22-16-20-21(17-10-6-5-7-11-17)25-19-13-9-8-12-18(19)24-20/h5-13,20-22H,3-4,14-16H2,1-2H3. The van der Waals surface area contributed by atoms with Gasteiger partial charge in [-0.2, -0.15) is 0 Å². The molecule has 0 amide bonds. The van der Waals surface area contributed by atoms with Crippen LogP contribution in [0, 0.1) is 0 Å². The fourth-order valence-electron chi connectivity index (χ4n) is 3.18. The van der Waals surface area contributed by atoms with E-state index in [9.17, 15) is 0 Å². The average molecular weight is 340 g/mol. The van der Waals surface area contributed by atoms with E-state index in [-0.39, 0.29) is 12.2 Å². The first kappa shape index (κ1) is 17.8. The van der Waals surface area contributed by atoms with Crippen molar-refractivity contribution < 1.29 is 9.47 Å². The molecule has 2 aromatic carbocycles. The maximum absolute atomic E-state index is 6.28. The lowest BCUT2D eigenvalue weighted by Gasteiger charge is -2.34. The van der Waals surface area contributed by atoms with E-state index >= 15 is 0 Å². The monoisotopic (exact) mass is 340 g/mol. The van der Waals surface area contributed by atoms with Crippen LogP contribution in [0.4, 0.5) is 0 Å². The summed E-state index contributed by atoms with van der Waals surface area (Å²) in [6.07, 6.45) is -0.147. The first-order valence-corrected chi connectivity index (χ1v) is 9.22. The quantitative estimate of drug-likeness (QED) is 0.746. The highest BCUT2D eigenvalue weighted by Gasteiger charge is 2.32. The van der Waals surface area contributed by atoms with Gasteiger partial charge in [0.25, 0.3) is 0 Å². The Bertz CT molecular complexity index is 643. The van der Waals surface area contributed by atoms with Gasteiger partial charge < -0.3 is 19.7 Å². The number of likely N-dealkylation sites (N-methyl/N-ethyl adjacent to an activating group) is 1. The predicted molar refractivity (Wildman–Crippen MR) is 101 cm³/mol.